The van der Waals surface area contributed by atoms with E-state index in [0.717, 1.165) is 12.1 Å². The highest BCUT2D eigenvalue weighted by Crippen LogP contribution is 2.31. The van der Waals surface area contributed by atoms with Crippen LogP contribution in [-0.4, -0.2) is 70.2 Å². The Bertz CT molecular complexity index is 921. The summed E-state index contributed by atoms with van der Waals surface area (Å²) in [7, 11) is -7.46. The van der Waals surface area contributed by atoms with E-state index in [9.17, 15) is 26.0 Å². The molecule has 0 unspecified atom stereocenters. The van der Waals surface area contributed by atoms with Gasteiger partial charge in [0.05, 0.1) is 34.2 Å². The standard InChI is InChI=1S/C18H24FNO6S2/c1-2-26-18(21)13-7-9-20(10-8-13)16-11-27(22,23)12-17(16)28(24,25)15-5-3-14(19)4-6-15/h3-6,13,16-17H,2,7-12H2,1H3/t16-,17-/m0/s1. The van der Waals surface area contributed by atoms with Crippen LogP contribution in [0.1, 0.15) is 19.8 Å². The Balaban J connectivity index is 1.80. The molecule has 10 heteroatoms. The molecule has 0 amide bonds. The number of carbonyl (C=O) groups is 1. The lowest BCUT2D eigenvalue weighted by Gasteiger charge is -2.36. The lowest BCUT2D eigenvalue weighted by Crippen LogP contribution is -2.50. The lowest BCUT2D eigenvalue weighted by molar-refractivity contribution is -0.149. The fraction of sp³-hybridized carbons (Fsp3) is 0.611. The summed E-state index contributed by atoms with van der Waals surface area (Å²) in [6, 6.07) is 3.76. The molecule has 2 saturated heterocycles. The highest BCUT2D eigenvalue weighted by atomic mass is 32.2. The number of halogens is 1. The number of likely N-dealkylation sites (tertiary alicyclic amines) is 1. The maximum atomic E-state index is 13.2. The molecule has 28 heavy (non-hydrogen) atoms. The smallest absolute Gasteiger partial charge is 0.309 e. The molecule has 1 aromatic carbocycles. The van der Waals surface area contributed by atoms with Gasteiger partial charge in [-0.3, -0.25) is 9.69 Å². The van der Waals surface area contributed by atoms with Gasteiger partial charge in [-0.25, -0.2) is 21.2 Å². The van der Waals surface area contributed by atoms with Crippen molar-refractivity contribution in [2.45, 2.75) is 36.0 Å². The first-order valence-corrected chi connectivity index (χ1v) is 12.6. The second kappa shape index (κ2) is 8.08. The highest BCUT2D eigenvalue weighted by Gasteiger charge is 2.49. The van der Waals surface area contributed by atoms with E-state index in [0.29, 0.717) is 32.5 Å². The van der Waals surface area contributed by atoms with Crippen LogP contribution in [0.3, 0.4) is 0 Å². The van der Waals surface area contributed by atoms with Crippen LogP contribution in [-0.2, 0) is 29.2 Å². The number of hydrogen-bond acceptors (Lipinski definition) is 7. The summed E-state index contributed by atoms with van der Waals surface area (Å²) in [5.41, 5.74) is 0. The molecular weight excluding hydrogens is 409 g/mol. The van der Waals surface area contributed by atoms with E-state index < -0.39 is 42.5 Å². The van der Waals surface area contributed by atoms with Gasteiger partial charge >= 0.3 is 5.97 Å². The van der Waals surface area contributed by atoms with E-state index in [4.69, 9.17) is 4.74 Å². The minimum Gasteiger partial charge on any atom is -0.466 e. The van der Waals surface area contributed by atoms with E-state index in [1.807, 2.05) is 4.90 Å². The average Bonchev–Trinajstić information content (AvgIpc) is 2.99. The molecule has 3 rings (SSSR count). The first kappa shape index (κ1) is 21.2. The molecular formula is C18H24FNO6S2. The lowest BCUT2D eigenvalue weighted by atomic mass is 9.95. The van der Waals surface area contributed by atoms with Crippen LogP contribution in [0.25, 0.3) is 0 Å². The fourth-order valence-corrected chi connectivity index (χ4v) is 8.79. The third kappa shape index (κ3) is 4.38. The van der Waals surface area contributed by atoms with Crippen molar-refractivity contribution in [3.05, 3.63) is 30.1 Å². The third-order valence-electron chi connectivity index (χ3n) is 5.43. The van der Waals surface area contributed by atoms with Gasteiger partial charge in [-0.05, 0) is 57.1 Å². The molecule has 0 saturated carbocycles. The van der Waals surface area contributed by atoms with Crippen molar-refractivity contribution in [1.29, 1.82) is 0 Å². The van der Waals surface area contributed by atoms with E-state index in [1.165, 1.54) is 12.1 Å². The number of hydrogen-bond donors (Lipinski definition) is 0. The summed E-state index contributed by atoms with van der Waals surface area (Å²) in [4.78, 5) is 13.7. The van der Waals surface area contributed by atoms with Crippen LogP contribution in [0.4, 0.5) is 4.39 Å². The number of esters is 1. The highest BCUT2D eigenvalue weighted by molar-refractivity contribution is 7.96. The molecule has 2 fully saturated rings. The zero-order valence-electron chi connectivity index (χ0n) is 15.6. The van der Waals surface area contributed by atoms with Gasteiger partial charge in [-0.2, -0.15) is 0 Å². The molecule has 156 valence electrons. The molecule has 0 N–H and O–H groups in total. The second-order valence-corrected chi connectivity index (χ2v) is 11.6. The first-order chi connectivity index (χ1) is 13.1. The Morgan fingerprint density at radius 3 is 2.36 bits per heavy atom. The van der Waals surface area contributed by atoms with Crippen molar-refractivity contribution >= 4 is 25.6 Å². The number of ether oxygens (including phenoxy) is 1. The first-order valence-electron chi connectivity index (χ1n) is 9.24. The number of piperidine rings is 1. The SMILES string of the molecule is CCOC(=O)C1CCN([C@H]2CS(=O)(=O)C[C@@H]2S(=O)(=O)c2ccc(F)cc2)CC1. The van der Waals surface area contributed by atoms with Gasteiger partial charge in [-0.15, -0.1) is 0 Å². The third-order valence-corrected chi connectivity index (χ3v) is 9.57. The Morgan fingerprint density at radius 1 is 1.18 bits per heavy atom. The maximum Gasteiger partial charge on any atom is 0.309 e. The maximum absolute atomic E-state index is 13.2. The van der Waals surface area contributed by atoms with Crippen molar-refractivity contribution in [3.63, 3.8) is 0 Å². The van der Waals surface area contributed by atoms with E-state index in [1.54, 1.807) is 6.92 Å². The van der Waals surface area contributed by atoms with Crippen molar-refractivity contribution in [2.24, 2.45) is 5.92 Å². The number of carbonyl (C=O) groups excluding carboxylic acids is 1. The molecule has 2 aliphatic heterocycles. The predicted octanol–water partition coefficient (Wildman–Crippen LogP) is 1.04. The summed E-state index contributed by atoms with van der Waals surface area (Å²) in [5.74, 6) is -1.76. The predicted molar refractivity (Wildman–Crippen MR) is 101 cm³/mol. The quantitative estimate of drug-likeness (QED) is 0.505. The number of sulfone groups is 2. The van der Waals surface area contributed by atoms with E-state index in [-0.39, 0.29) is 22.5 Å². The minimum atomic E-state index is -3.94. The van der Waals surface area contributed by atoms with Crippen molar-refractivity contribution in [1.82, 2.24) is 4.90 Å². The molecule has 7 nitrogen and oxygen atoms in total. The summed E-state index contributed by atoms with van der Waals surface area (Å²) in [6.07, 6.45) is 0.997. The Labute approximate surface area is 164 Å². The van der Waals surface area contributed by atoms with Crippen LogP contribution in [0, 0.1) is 11.7 Å². The molecule has 2 aliphatic rings. The zero-order chi connectivity index (χ0) is 20.5. The molecule has 0 spiro atoms. The summed E-state index contributed by atoms with van der Waals surface area (Å²) >= 11 is 0. The van der Waals surface area contributed by atoms with Crippen LogP contribution < -0.4 is 0 Å². The number of rotatable bonds is 5. The molecule has 2 atom stereocenters. The second-order valence-electron chi connectivity index (χ2n) is 7.24. The normalized spacial score (nSPS) is 26.2. The fourth-order valence-electron chi connectivity index (χ4n) is 3.96. The number of nitrogens with zero attached hydrogens (tertiary/aromatic N) is 1. The largest absolute Gasteiger partial charge is 0.466 e. The number of benzene rings is 1. The van der Waals surface area contributed by atoms with Gasteiger partial charge < -0.3 is 4.74 Å². The summed E-state index contributed by atoms with van der Waals surface area (Å²) < 4.78 is 68.8. The summed E-state index contributed by atoms with van der Waals surface area (Å²) in [6.45, 7) is 2.90. The topological polar surface area (TPSA) is 97.8 Å². The van der Waals surface area contributed by atoms with Gasteiger partial charge in [0.1, 0.15) is 5.82 Å². The van der Waals surface area contributed by atoms with Crippen molar-refractivity contribution in [2.75, 3.05) is 31.2 Å². The van der Waals surface area contributed by atoms with Crippen LogP contribution in [0.15, 0.2) is 29.2 Å². The van der Waals surface area contributed by atoms with Crippen molar-refractivity contribution in [3.8, 4) is 0 Å². The van der Waals surface area contributed by atoms with Crippen LogP contribution >= 0.6 is 0 Å². The van der Waals surface area contributed by atoms with Gasteiger partial charge in [0.25, 0.3) is 0 Å². The van der Waals surface area contributed by atoms with E-state index in [2.05, 4.69) is 0 Å². The van der Waals surface area contributed by atoms with Gasteiger partial charge in [0.15, 0.2) is 19.7 Å². The zero-order valence-corrected chi connectivity index (χ0v) is 17.2. The van der Waals surface area contributed by atoms with E-state index >= 15 is 0 Å². The van der Waals surface area contributed by atoms with Crippen molar-refractivity contribution < 1.29 is 30.8 Å². The molecule has 0 aromatic heterocycles. The Hall–Kier alpha value is -1.52. The Kier molecular flexibility index (Phi) is 6.11. The molecule has 0 aliphatic carbocycles. The average molecular weight is 434 g/mol. The molecule has 1 aromatic rings. The summed E-state index contributed by atoms with van der Waals surface area (Å²) in [5, 5.41) is -1.11. The minimum absolute atomic E-state index is 0.0811. The van der Waals surface area contributed by atoms with Gasteiger partial charge in [0.2, 0.25) is 0 Å². The monoisotopic (exact) mass is 433 g/mol. The molecule has 0 radical (unpaired) electrons. The van der Waals surface area contributed by atoms with Crippen LogP contribution in [0.2, 0.25) is 0 Å². The van der Waals surface area contributed by atoms with Gasteiger partial charge in [0, 0.05) is 6.04 Å². The molecule has 2 heterocycles. The molecule has 0 bridgehead atoms. The van der Waals surface area contributed by atoms with Crippen LogP contribution in [0.5, 0.6) is 0 Å². The Morgan fingerprint density at radius 2 is 1.79 bits per heavy atom. The van der Waals surface area contributed by atoms with Gasteiger partial charge in [-0.1, -0.05) is 0 Å².